The SMILES string of the molecule is b1c(Oc2ccccc2)oc2ccccc12. The summed E-state index contributed by atoms with van der Waals surface area (Å²) < 4.78 is 11.1. The van der Waals surface area contributed by atoms with E-state index >= 15 is 0 Å². The van der Waals surface area contributed by atoms with Crippen molar-refractivity contribution in [3.63, 3.8) is 0 Å². The number of rotatable bonds is 2. The number of hydrogen-bond acceptors (Lipinski definition) is 2. The first-order valence-corrected chi connectivity index (χ1v) is 5.13. The van der Waals surface area contributed by atoms with E-state index in [0.717, 1.165) is 16.6 Å². The molecule has 3 aromatic rings. The normalized spacial score (nSPS) is 10.2. The summed E-state index contributed by atoms with van der Waals surface area (Å²) in [5, 5.41) is 1.05. The summed E-state index contributed by atoms with van der Waals surface area (Å²) in [6.45, 7) is 1.89. The van der Waals surface area contributed by atoms with E-state index in [0.29, 0.717) is 5.84 Å². The molecule has 16 heavy (non-hydrogen) atoms. The zero-order valence-corrected chi connectivity index (χ0v) is 8.59. The molecule has 0 aliphatic heterocycles. The van der Waals surface area contributed by atoms with Crippen LogP contribution in [0.15, 0.2) is 59.0 Å². The van der Waals surface area contributed by atoms with Gasteiger partial charge in [0.2, 0.25) is 0 Å². The molecular formula is C13H9BO2. The van der Waals surface area contributed by atoms with Crippen LogP contribution >= 0.6 is 0 Å². The van der Waals surface area contributed by atoms with Crippen LogP contribution in [0.25, 0.3) is 10.9 Å². The van der Waals surface area contributed by atoms with Gasteiger partial charge in [-0.25, -0.2) is 0 Å². The van der Waals surface area contributed by atoms with Crippen LogP contribution in [-0.2, 0) is 0 Å². The molecule has 0 saturated carbocycles. The summed E-state index contributed by atoms with van der Waals surface area (Å²) in [5.41, 5.74) is 0.841. The Morgan fingerprint density at radius 3 is 2.44 bits per heavy atom. The van der Waals surface area contributed by atoms with Crippen molar-refractivity contribution in [1.82, 2.24) is 0 Å². The maximum atomic E-state index is 5.60. The molecule has 0 radical (unpaired) electrons. The molecule has 1 aromatic heterocycles. The third-order valence-electron chi connectivity index (χ3n) is 2.36. The minimum atomic E-state index is 0.521. The molecule has 3 heteroatoms. The van der Waals surface area contributed by atoms with E-state index in [1.165, 1.54) is 0 Å². The van der Waals surface area contributed by atoms with Crippen LogP contribution in [0.3, 0.4) is 0 Å². The van der Waals surface area contributed by atoms with Crippen LogP contribution in [0.1, 0.15) is 0 Å². The van der Waals surface area contributed by atoms with E-state index in [1.54, 1.807) is 0 Å². The van der Waals surface area contributed by atoms with E-state index in [-0.39, 0.29) is 0 Å². The van der Waals surface area contributed by atoms with Gasteiger partial charge in [0.25, 0.3) is 0 Å². The van der Waals surface area contributed by atoms with E-state index in [1.807, 2.05) is 61.5 Å². The van der Waals surface area contributed by atoms with Gasteiger partial charge >= 0.3 is 93.1 Å². The number of benzene rings is 2. The van der Waals surface area contributed by atoms with Gasteiger partial charge in [-0.3, -0.25) is 0 Å². The molecule has 76 valence electrons. The Bertz CT molecular complexity index is 568. The van der Waals surface area contributed by atoms with Gasteiger partial charge in [-0.1, -0.05) is 0 Å². The summed E-state index contributed by atoms with van der Waals surface area (Å²) in [4.78, 5) is 0. The van der Waals surface area contributed by atoms with Crippen LogP contribution in [0.2, 0.25) is 0 Å². The first-order chi connectivity index (χ1) is 7.92. The Labute approximate surface area is 93.7 Å². The molecule has 0 saturated heterocycles. The molecule has 0 N–H and O–H groups in total. The first-order valence-electron chi connectivity index (χ1n) is 5.13. The Hall–Kier alpha value is -2.03. The average molecular weight is 208 g/mol. The predicted octanol–water partition coefficient (Wildman–Crippen LogP) is 3.56. The molecule has 0 unspecified atom stereocenters. The van der Waals surface area contributed by atoms with Crippen LogP contribution in [0.5, 0.6) is 11.6 Å². The van der Waals surface area contributed by atoms with E-state index in [4.69, 9.17) is 9.15 Å². The Morgan fingerprint density at radius 2 is 1.62 bits per heavy atom. The van der Waals surface area contributed by atoms with Crippen molar-refractivity contribution < 1.29 is 9.15 Å². The average Bonchev–Trinajstić information content (AvgIpc) is 2.72. The van der Waals surface area contributed by atoms with E-state index in [2.05, 4.69) is 0 Å². The molecule has 0 bridgehead atoms. The molecule has 0 aliphatic carbocycles. The second kappa shape index (κ2) is 3.85. The molecular weight excluding hydrogens is 199 g/mol. The van der Waals surface area contributed by atoms with Gasteiger partial charge in [-0.05, 0) is 0 Å². The van der Waals surface area contributed by atoms with Gasteiger partial charge in [0, 0.05) is 0 Å². The predicted molar refractivity (Wildman–Crippen MR) is 64.1 cm³/mol. The molecule has 0 aliphatic rings. The van der Waals surface area contributed by atoms with Crippen LogP contribution in [0.4, 0.5) is 0 Å². The van der Waals surface area contributed by atoms with Gasteiger partial charge in [0.15, 0.2) is 0 Å². The van der Waals surface area contributed by atoms with Gasteiger partial charge in [-0.2, -0.15) is 0 Å². The van der Waals surface area contributed by atoms with Gasteiger partial charge in [-0.15, -0.1) is 0 Å². The Morgan fingerprint density at radius 1 is 0.875 bits per heavy atom. The summed E-state index contributed by atoms with van der Waals surface area (Å²) in [7, 11) is 0. The fourth-order valence-electron chi connectivity index (χ4n) is 1.61. The van der Waals surface area contributed by atoms with E-state index < -0.39 is 0 Å². The fraction of sp³-hybridized carbons (Fsp3) is 0. The topological polar surface area (TPSA) is 22.4 Å². The number of para-hydroxylation sites is 2. The second-order valence-corrected chi connectivity index (χ2v) is 3.52. The Kier molecular flexibility index (Phi) is 2.22. The van der Waals surface area contributed by atoms with Crippen molar-refractivity contribution in [1.29, 1.82) is 0 Å². The number of ether oxygens (including phenoxy) is 1. The second-order valence-electron chi connectivity index (χ2n) is 3.52. The summed E-state index contributed by atoms with van der Waals surface area (Å²) in [6, 6.07) is 17.4. The van der Waals surface area contributed by atoms with Crippen LogP contribution < -0.4 is 4.74 Å². The summed E-state index contributed by atoms with van der Waals surface area (Å²) in [5.74, 6) is 1.30. The molecule has 0 fully saturated rings. The van der Waals surface area contributed by atoms with Crippen LogP contribution in [0, 0.1) is 0 Å². The van der Waals surface area contributed by atoms with Gasteiger partial charge in [0.05, 0.1) is 0 Å². The fourth-order valence-corrected chi connectivity index (χ4v) is 1.61. The Balaban J connectivity index is 1.95. The van der Waals surface area contributed by atoms with Crippen molar-refractivity contribution in [3.05, 3.63) is 54.6 Å². The van der Waals surface area contributed by atoms with Gasteiger partial charge < -0.3 is 0 Å². The van der Waals surface area contributed by atoms with Crippen molar-refractivity contribution in [2.45, 2.75) is 0 Å². The quantitative estimate of drug-likeness (QED) is 0.642. The molecule has 3 rings (SSSR count). The third kappa shape index (κ3) is 1.72. The monoisotopic (exact) mass is 208 g/mol. The number of hydrogen-bond donors (Lipinski definition) is 0. The van der Waals surface area contributed by atoms with Crippen molar-refractivity contribution in [2.75, 3.05) is 0 Å². The molecule has 0 amide bonds. The van der Waals surface area contributed by atoms with Gasteiger partial charge in [0.1, 0.15) is 0 Å². The molecule has 0 spiro atoms. The first kappa shape index (κ1) is 9.22. The molecule has 2 aromatic carbocycles. The summed E-state index contributed by atoms with van der Waals surface area (Å²) >= 11 is 0. The number of fused-ring (bicyclic) bond motifs is 1. The van der Waals surface area contributed by atoms with Crippen molar-refractivity contribution in [2.24, 2.45) is 0 Å². The van der Waals surface area contributed by atoms with E-state index in [9.17, 15) is 0 Å². The van der Waals surface area contributed by atoms with Crippen molar-refractivity contribution in [3.8, 4) is 11.6 Å². The molecule has 2 nitrogen and oxygen atoms in total. The third-order valence-corrected chi connectivity index (χ3v) is 2.36. The minimum absolute atomic E-state index is 0.521. The standard InChI is InChI=1S/C13H9BO2/c1-2-6-10(7-3-1)15-13-14-11-8-4-5-9-12(11)16-13/h1-9H. The zero-order valence-electron chi connectivity index (χ0n) is 8.59. The maximum absolute atomic E-state index is 5.60. The zero-order chi connectivity index (χ0) is 10.8. The molecule has 0 atom stereocenters. The van der Waals surface area contributed by atoms with Crippen molar-refractivity contribution >= 4 is 17.8 Å². The molecule has 1 heterocycles. The van der Waals surface area contributed by atoms with Crippen LogP contribution in [-0.4, -0.2) is 6.91 Å². The summed E-state index contributed by atoms with van der Waals surface area (Å²) in [6.07, 6.45) is 0.